The van der Waals surface area contributed by atoms with E-state index in [4.69, 9.17) is 10.5 Å². The van der Waals surface area contributed by atoms with Gasteiger partial charge in [0, 0.05) is 32.4 Å². The zero-order chi connectivity index (χ0) is 14.3. The van der Waals surface area contributed by atoms with Crippen molar-refractivity contribution >= 4 is 18.3 Å². The summed E-state index contributed by atoms with van der Waals surface area (Å²) in [6.45, 7) is 5.81. The molecule has 0 fully saturated rings. The summed E-state index contributed by atoms with van der Waals surface area (Å²) in [6.07, 6.45) is 0.969. The van der Waals surface area contributed by atoms with E-state index in [0.29, 0.717) is 19.5 Å². The summed E-state index contributed by atoms with van der Waals surface area (Å²) in [5, 5.41) is 7.23. The Hall–Kier alpha value is -1.11. The van der Waals surface area contributed by atoms with Gasteiger partial charge in [-0.1, -0.05) is 0 Å². The quantitative estimate of drug-likeness (QED) is 0.696. The minimum Gasteiger partial charge on any atom is -0.380 e. The lowest BCUT2D eigenvalue weighted by atomic mass is 10.2. The monoisotopic (exact) mass is 304 g/mol. The number of nitrogens with zero attached hydrogens (tertiary/aromatic N) is 2. The van der Waals surface area contributed by atoms with Gasteiger partial charge >= 0.3 is 0 Å². The molecule has 1 amide bonds. The van der Waals surface area contributed by atoms with Crippen molar-refractivity contribution in [2.75, 3.05) is 20.2 Å². The molecule has 1 atom stereocenters. The topological polar surface area (TPSA) is 82.2 Å². The molecule has 1 unspecified atom stereocenters. The Bertz CT molecular complexity index is 405. The summed E-state index contributed by atoms with van der Waals surface area (Å²) in [5.74, 6) is -0.0225. The molecule has 1 aromatic heterocycles. The van der Waals surface area contributed by atoms with Crippen LogP contribution in [0.5, 0.6) is 0 Å². The number of carbonyl (C=O) groups is 1. The molecule has 0 radical (unpaired) electrons. The van der Waals surface area contributed by atoms with Crippen molar-refractivity contribution in [3.63, 3.8) is 0 Å². The van der Waals surface area contributed by atoms with E-state index in [9.17, 15) is 4.79 Å². The molecule has 20 heavy (non-hydrogen) atoms. The number of hydrogen-bond acceptors (Lipinski definition) is 4. The summed E-state index contributed by atoms with van der Waals surface area (Å²) < 4.78 is 7.02. The van der Waals surface area contributed by atoms with E-state index in [2.05, 4.69) is 10.4 Å². The highest BCUT2D eigenvalue weighted by atomic mass is 35.5. The Kier molecular flexibility index (Phi) is 9.20. The lowest BCUT2D eigenvalue weighted by Gasteiger charge is -2.12. The van der Waals surface area contributed by atoms with E-state index in [-0.39, 0.29) is 24.4 Å². The van der Waals surface area contributed by atoms with Gasteiger partial charge in [-0.05, 0) is 26.3 Å². The lowest BCUT2D eigenvalue weighted by Crippen LogP contribution is -2.33. The van der Waals surface area contributed by atoms with Crippen molar-refractivity contribution in [3.8, 4) is 0 Å². The smallest absolute Gasteiger partial charge is 0.222 e. The van der Waals surface area contributed by atoms with Crippen molar-refractivity contribution in [2.24, 2.45) is 5.73 Å². The van der Waals surface area contributed by atoms with Crippen LogP contribution in [-0.4, -0.2) is 42.0 Å². The van der Waals surface area contributed by atoms with Gasteiger partial charge in [-0.3, -0.25) is 9.48 Å². The first-order valence-electron chi connectivity index (χ1n) is 6.57. The zero-order valence-corrected chi connectivity index (χ0v) is 13.2. The van der Waals surface area contributed by atoms with Gasteiger partial charge in [-0.15, -0.1) is 12.4 Å². The van der Waals surface area contributed by atoms with Gasteiger partial charge in [0.2, 0.25) is 5.91 Å². The number of aromatic nitrogens is 2. The number of nitrogens with one attached hydrogen (secondary N) is 1. The number of halogens is 1. The summed E-state index contributed by atoms with van der Waals surface area (Å²) in [4.78, 5) is 11.6. The molecule has 0 aromatic carbocycles. The molecular formula is C13H25ClN4O2. The summed E-state index contributed by atoms with van der Waals surface area (Å²) in [6, 6.07) is 2.04. The molecular weight excluding hydrogens is 280 g/mol. The highest BCUT2D eigenvalue weighted by Crippen LogP contribution is 2.02. The average Bonchev–Trinajstić information content (AvgIpc) is 2.70. The number of aryl methyl sites for hydroxylation is 3. The fraction of sp³-hybridized carbons (Fsp3) is 0.692. The van der Waals surface area contributed by atoms with Crippen LogP contribution in [0, 0.1) is 13.8 Å². The lowest BCUT2D eigenvalue weighted by molar-refractivity contribution is -0.123. The molecule has 3 N–H and O–H groups in total. The number of amides is 1. The maximum Gasteiger partial charge on any atom is 0.222 e. The highest BCUT2D eigenvalue weighted by molar-refractivity contribution is 5.85. The molecule has 0 aliphatic carbocycles. The van der Waals surface area contributed by atoms with Gasteiger partial charge in [0.05, 0.1) is 18.2 Å². The van der Waals surface area contributed by atoms with Crippen LogP contribution in [0.3, 0.4) is 0 Å². The van der Waals surface area contributed by atoms with Crippen LogP contribution in [0.1, 0.15) is 24.2 Å². The van der Waals surface area contributed by atoms with Gasteiger partial charge in [-0.2, -0.15) is 5.10 Å². The van der Waals surface area contributed by atoms with Crippen LogP contribution < -0.4 is 11.1 Å². The van der Waals surface area contributed by atoms with Gasteiger partial charge in [0.1, 0.15) is 0 Å². The molecule has 0 aliphatic heterocycles. The Labute approximate surface area is 126 Å². The van der Waals surface area contributed by atoms with Crippen molar-refractivity contribution in [1.82, 2.24) is 15.1 Å². The molecule has 0 saturated carbocycles. The van der Waals surface area contributed by atoms with E-state index in [1.54, 1.807) is 7.11 Å². The number of ether oxygens (including phenoxy) is 1. The first-order chi connectivity index (χ1) is 9.06. The fourth-order valence-electron chi connectivity index (χ4n) is 1.90. The number of hydrogen-bond donors (Lipinski definition) is 2. The van der Waals surface area contributed by atoms with Gasteiger partial charge < -0.3 is 15.8 Å². The second-order valence-corrected chi connectivity index (χ2v) is 4.65. The average molecular weight is 305 g/mol. The molecule has 1 rings (SSSR count). The largest absolute Gasteiger partial charge is 0.380 e. The minimum atomic E-state index is -0.198. The molecule has 0 spiro atoms. The fourth-order valence-corrected chi connectivity index (χ4v) is 1.90. The molecule has 0 saturated heterocycles. The van der Waals surface area contributed by atoms with Crippen LogP contribution in [0.25, 0.3) is 0 Å². The zero-order valence-electron chi connectivity index (χ0n) is 12.4. The van der Waals surface area contributed by atoms with Crippen LogP contribution in [0.4, 0.5) is 0 Å². The molecule has 0 bridgehead atoms. The van der Waals surface area contributed by atoms with E-state index in [1.807, 2.05) is 24.6 Å². The standard InChI is InChI=1S/C13H24N4O2.ClH/c1-10-7-11(2)17(16-10)6-4-5-15-13(18)8-12(9-14)19-3;/h7,12H,4-6,8-9,14H2,1-3H3,(H,15,18);1H. The SMILES string of the molecule is COC(CN)CC(=O)NCCCn1nc(C)cc1C.Cl. The van der Waals surface area contributed by atoms with E-state index in [1.165, 1.54) is 0 Å². The van der Waals surface area contributed by atoms with E-state index < -0.39 is 0 Å². The molecule has 1 heterocycles. The number of methoxy groups -OCH3 is 1. The third kappa shape index (κ3) is 6.36. The third-order valence-electron chi connectivity index (χ3n) is 2.98. The summed E-state index contributed by atoms with van der Waals surface area (Å²) in [7, 11) is 1.56. The van der Waals surface area contributed by atoms with E-state index >= 15 is 0 Å². The molecule has 0 aliphatic rings. The summed E-state index contributed by atoms with van der Waals surface area (Å²) >= 11 is 0. The van der Waals surface area contributed by atoms with E-state index in [0.717, 1.165) is 24.4 Å². The Morgan fingerprint density at radius 3 is 2.75 bits per heavy atom. The molecule has 7 heteroatoms. The predicted octanol–water partition coefficient (Wildman–Crippen LogP) is 0.792. The maximum atomic E-state index is 11.6. The second kappa shape index (κ2) is 9.74. The van der Waals surface area contributed by atoms with Crippen molar-refractivity contribution in [1.29, 1.82) is 0 Å². The third-order valence-corrected chi connectivity index (χ3v) is 2.98. The normalized spacial score (nSPS) is 11.8. The Balaban J connectivity index is 0.00000361. The van der Waals surface area contributed by atoms with Crippen LogP contribution in [0.2, 0.25) is 0 Å². The molecule has 6 nitrogen and oxygen atoms in total. The predicted molar refractivity (Wildman–Crippen MR) is 81.0 cm³/mol. The first kappa shape index (κ1) is 18.9. The number of carbonyl (C=O) groups excluding carboxylic acids is 1. The Morgan fingerprint density at radius 1 is 1.55 bits per heavy atom. The first-order valence-corrected chi connectivity index (χ1v) is 6.57. The van der Waals surface area contributed by atoms with Crippen molar-refractivity contribution < 1.29 is 9.53 Å². The van der Waals surface area contributed by atoms with Crippen molar-refractivity contribution in [2.45, 2.75) is 39.3 Å². The highest BCUT2D eigenvalue weighted by Gasteiger charge is 2.10. The van der Waals surface area contributed by atoms with Crippen molar-refractivity contribution in [3.05, 3.63) is 17.5 Å². The van der Waals surface area contributed by atoms with Gasteiger partial charge in [0.25, 0.3) is 0 Å². The molecule has 1 aromatic rings. The van der Waals surface area contributed by atoms with Crippen LogP contribution >= 0.6 is 12.4 Å². The summed E-state index contributed by atoms with van der Waals surface area (Å²) in [5.41, 5.74) is 7.63. The van der Waals surface area contributed by atoms with Crippen LogP contribution in [-0.2, 0) is 16.1 Å². The van der Waals surface area contributed by atoms with Gasteiger partial charge in [0.15, 0.2) is 0 Å². The molecule has 116 valence electrons. The Morgan fingerprint density at radius 2 is 2.25 bits per heavy atom. The van der Waals surface area contributed by atoms with Crippen LogP contribution in [0.15, 0.2) is 6.07 Å². The number of nitrogens with two attached hydrogens (primary N) is 1. The minimum absolute atomic E-state index is 0. The second-order valence-electron chi connectivity index (χ2n) is 4.65. The number of rotatable bonds is 8. The maximum absolute atomic E-state index is 11.6. The van der Waals surface area contributed by atoms with Gasteiger partial charge in [-0.25, -0.2) is 0 Å².